The number of aryl methyl sites for hydroxylation is 1. The number of hydrogen-bond acceptors (Lipinski definition) is 2. The van der Waals surface area contributed by atoms with Gasteiger partial charge in [0.1, 0.15) is 0 Å². The van der Waals surface area contributed by atoms with Crippen molar-refractivity contribution in [2.45, 2.75) is 45.1 Å². The minimum absolute atomic E-state index is 0.167. The first kappa shape index (κ1) is 14.2. The second-order valence-corrected chi connectivity index (χ2v) is 5.00. The molecular weight excluding hydrogens is 210 g/mol. The quantitative estimate of drug-likeness (QED) is 0.702. The molecule has 1 rings (SSSR count). The molecule has 1 atom stereocenters. The lowest BCUT2D eigenvalue weighted by molar-refractivity contribution is 0.0869. The van der Waals surface area contributed by atoms with Crippen molar-refractivity contribution in [1.29, 1.82) is 0 Å². The van der Waals surface area contributed by atoms with Crippen LogP contribution in [0.3, 0.4) is 0 Å². The summed E-state index contributed by atoms with van der Waals surface area (Å²) in [6.45, 7) is 5.62. The van der Waals surface area contributed by atoms with Crippen molar-refractivity contribution in [2.24, 2.45) is 5.73 Å². The largest absolute Gasteiger partial charge is 0.380 e. The second-order valence-electron chi connectivity index (χ2n) is 5.00. The van der Waals surface area contributed by atoms with E-state index in [9.17, 15) is 0 Å². The zero-order valence-corrected chi connectivity index (χ0v) is 11.1. The average Bonchev–Trinajstić information content (AvgIpc) is 2.35. The molecule has 2 N–H and O–H groups in total. The first-order valence-electron chi connectivity index (χ1n) is 6.54. The van der Waals surface area contributed by atoms with Gasteiger partial charge in [-0.3, -0.25) is 0 Å². The van der Waals surface area contributed by atoms with E-state index in [1.165, 1.54) is 12.0 Å². The minimum Gasteiger partial charge on any atom is -0.380 e. The highest BCUT2D eigenvalue weighted by Crippen LogP contribution is 2.07. The lowest BCUT2D eigenvalue weighted by Crippen LogP contribution is -2.40. The van der Waals surface area contributed by atoms with Crippen LogP contribution in [-0.4, -0.2) is 18.8 Å². The first-order chi connectivity index (χ1) is 8.14. The molecule has 0 aliphatic rings. The number of benzene rings is 1. The Bertz CT molecular complexity index is 295. The van der Waals surface area contributed by atoms with Crippen molar-refractivity contribution in [3.05, 3.63) is 35.9 Å². The summed E-state index contributed by atoms with van der Waals surface area (Å²) in [4.78, 5) is 0. The van der Waals surface area contributed by atoms with Gasteiger partial charge in [-0.15, -0.1) is 0 Å². The van der Waals surface area contributed by atoms with Crippen LogP contribution >= 0.6 is 0 Å². The van der Waals surface area contributed by atoms with E-state index in [1.807, 2.05) is 6.92 Å². The van der Waals surface area contributed by atoms with Gasteiger partial charge in [0, 0.05) is 12.1 Å². The molecule has 1 unspecified atom stereocenters. The van der Waals surface area contributed by atoms with Crippen molar-refractivity contribution in [3.63, 3.8) is 0 Å². The van der Waals surface area contributed by atoms with Crippen LogP contribution in [0, 0.1) is 0 Å². The van der Waals surface area contributed by atoms with E-state index in [4.69, 9.17) is 10.5 Å². The zero-order valence-electron chi connectivity index (χ0n) is 11.1. The minimum atomic E-state index is -0.167. The molecule has 2 heteroatoms. The Morgan fingerprint density at radius 2 is 1.88 bits per heavy atom. The molecule has 17 heavy (non-hydrogen) atoms. The zero-order chi connectivity index (χ0) is 12.6. The molecule has 0 saturated carbocycles. The summed E-state index contributed by atoms with van der Waals surface area (Å²) in [5.74, 6) is 0. The number of hydrogen-bond donors (Lipinski definition) is 1. The summed E-state index contributed by atoms with van der Waals surface area (Å²) in [6.07, 6.45) is 4.38. The Morgan fingerprint density at radius 3 is 2.53 bits per heavy atom. The fraction of sp³-hybridized carbons (Fsp3) is 0.600. The van der Waals surface area contributed by atoms with Gasteiger partial charge in [0.15, 0.2) is 0 Å². The standard InChI is InChI=1S/C15H25NO/c1-3-15(2,16)13-17-12-8-7-11-14-9-5-4-6-10-14/h4-6,9-10H,3,7-8,11-13,16H2,1-2H3. The van der Waals surface area contributed by atoms with Gasteiger partial charge < -0.3 is 10.5 Å². The molecule has 2 nitrogen and oxygen atoms in total. The van der Waals surface area contributed by atoms with E-state index >= 15 is 0 Å². The summed E-state index contributed by atoms with van der Waals surface area (Å²) in [5, 5.41) is 0. The Balaban J connectivity index is 2.02. The molecule has 0 aromatic heterocycles. The Hall–Kier alpha value is -0.860. The second kappa shape index (κ2) is 7.46. The van der Waals surface area contributed by atoms with E-state index in [0.717, 1.165) is 25.9 Å². The van der Waals surface area contributed by atoms with Gasteiger partial charge in [-0.25, -0.2) is 0 Å². The average molecular weight is 235 g/mol. The third-order valence-corrected chi connectivity index (χ3v) is 3.09. The molecule has 1 aromatic carbocycles. The van der Waals surface area contributed by atoms with E-state index < -0.39 is 0 Å². The fourth-order valence-electron chi connectivity index (χ4n) is 1.59. The van der Waals surface area contributed by atoms with Crippen LogP contribution in [0.4, 0.5) is 0 Å². The molecule has 96 valence electrons. The summed E-state index contributed by atoms with van der Waals surface area (Å²) < 4.78 is 5.60. The molecule has 0 aliphatic carbocycles. The highest BCUT2D eigenvalue weighted by molar-refractivity contribution is 5.14. The molecule has 0 fully saturated rings. The van der Waals surface area contributed by atoms with Crippen LogP contribution < -0.4 is 5.73 Å². The topological polar surface area (TPSA) is 35.2 Å². The van der Waals surface area contributed by atoms with E-state index in [-0.39, 0.29) is 5.54 Å². The third kappa shape index (κ3) is 6.44. The molecule has 0 saturated heterocycles. The lowest BCUT2D eigenvalue weighted by atomic mass is 10.0. The smallest absolute Gasteiger partial charge is 0.0643 e. The van der Waals surface area contributed by atoms with Crippen LogP contribution in [0.25, 0.3) is 0 Å². The van der Waals surface area contributed by atoms with Crippen LogP contribution in [0.2, 0.25) is 0 Å². The van der Waals surface area contributed by atoms with Crippen molar-refractivity contribution in [2.75, 3.05) is 13.2 Å². The highest BCUT2D eigenvalue weighted by Gasteiger charge is 2.14. The number of ether oxygens (including phenoxy) is 1. The van der Waals surface area contributed by atoms with E-state index in [1.54, 1.807) is 0 Å². The van der Waals surface area contributed by atoms with Gasteiger partial charge >= 0.3 is 0 Å². The molecule has 0 aliphatic heterocycles. The number of rotatable bonds is 8. The molecule has 1 aromatic rings. The van der Waals surface area contributed by atoms with Gasteiger partial charge in [-0.1, -0.05) is 37.3 Å². The predicted molar refractivity (Wildman–Crippen MR) is 73.1 cm³/mol. The van der Waals surface area contributed by atoms with Crippen LogP contribution in [0.5, 0.6) is 0 Å². The maximum atomic E-state index is 6.00. The monoisotopic (exact) mass is 235 g/mol. The van der Waals surface area contributed by atoms with Crippen LogP contribution in [0.15, 0.2) is 30.3 Å². The third-order valence-electron chi connectivity index (χ3n) is 3.09. The summed E-state index contributed by atoms with van der Waals surface area (Å²) in [7, 11) is 0. The summed E-state index contributed by atoms with van der Waals surface area (Å²) in [6, 6.07) is 10.6. The van der Waals surface area contributed by atoms with Crippen molar-refractivity contribution >= 4 is 0 Å². The maximum absolute atomic E-state index is 6.00. The molecule has 0 heterocycles. The van der Waals surface area contributed by atoms with Gasteiger partial charge in [0.2, 0.25) is 0 Å². The van der Waals surface area contributed by atoms with Crippen molar-refractivity contribution in [1.82, 2.24) is 0 Å². The van der Waals surface area contributed by atoms with Crippen molar-refractivity contribution < 1.29 is 4.74 Å². The lowest BCUT2D eigenvalue weighted by Gasteiger charge is -2.22. The van der Waals surface area contributed by atoms with Gasteiger partial charge in [0.25, 0.3) is 0 Å². The van der Waals surface area contributed by atoms with Gasteiger partial charge in [0.05, 0.1) is 6.61 Å². The van der Waals surface area contributed by atoms with E-state index in [0.29, 0.717) is 6.61 Å². The Labute approximate surface area is 105 Å². The Morgan fingerprint density at radius 1 is 1.18 bits per heavy atom. The highest BCUT2D eigenvalue weighted by atomic mass is 16.5. The SMILES string of the molecule is CCC(C)(N)COCCCCc1ccccc1. The Kier molecular flexibility index (Phi) is 6.23. The van der Waals surface area contributed by atoms with Crippen LogP contribution in [-0.2, 0) is 11.2 Å². The van der Waals surface area contributed by atoms with Crippen LogP contribution in [0.1, 0.15) is 38.7 Å². The van der Waals surface area contributed by atoms with E-state index in [2.05, 4.69) is 37.3 Å². The predicted octanol–water partition coefficient (Wildman–Crippen LogP) is 3.15. The van der Waals surface area contributed by atoms with Gasteiger partial charge in [-0.2, -0.15) is 0 Å². The maximum Gasteiger partial charge on any atom is 0.0643 e. The molecule has 0 spiro atoms. The number of unbranched alkanes of at least 4 members (excludes halogenated alkanes) is 1. The summed E-state index contributed by atoms with van der Waals surface area (Å²) >= 11 is 0. The normalized spacial score (nSPS) is 14.5. The molecule has 0 radical (unpaired) electrons. The van der Waals surface area contributed by atoms with Gasteiger partial charge in [-0.05, 0) is 38.2 Å². The van der Waals surface area contributed by atoms with Crippen molar-refractivity contribution in [3.8, 4) is 0 Å². The molecule has 0 bridgehead atoms. The number of nitrogens with two attached hydrogens (primary N) is 1. The molecule has 0 amide bonds. The fourth-order valence-corrected chi connectivity index (χ4v) is 1.59. The first-order valence-corrected chi connectivity index (χ1v) is 6.54. The summed E-state index contributed by atoms with van der Waals surface area (Å²) in [5.41, 5.74) is 7.24. The molecular formula is C15H25NO.